The standard InChI is InChI=1S/C7H12O3/c1-4-6(3)7(8)10-9-5-2/h4H,5H2,1-3H3. The molecule has 0 unspecified atom stereocenters. The summed E-state index contributed by atoms with van der Waals surface area (Å²) in [4.78, 5) is 19.5. The average molecular weight is 144 g/mol. The predicted molar refractivity (Wildman–Crippen MR) is 37.1 cm³/mol. The summed E-state index contributed by atoms with van der Waals surface area (Å²) in [5.74, 6) is -0.427. The molecule has 0 bridgehead atoms. The molecule has 0 aliphatic carbocycles. The van der Waals surface area contributed by atoms with Crippen molar-refractivity contribution in [3.05, 3.63) is 11.6 Å². The summed E-state index contributed by atoms with van der Waals surface area (Å²) >= 11 is 0. The van der Waals surface area contributed by atoms with Crippen LogP contribution in [-0.2, 0) is 14.6 Å². The maximum absolute atomic E-state index is 10.7. The lowest BCUT2D eigenvalue weighted by Crippen LogP contribution is -2.05. The van der Waals surface area contributed by atoms with E-state index in [-0.39, 0.29) is 0 Å². The normalized spacial score (nSPS) is 11.3. The molecule has 0 saturated heterocycles. The third kappa shape index (κ3) is 3.25. The van der Waals surface area contributed by atoms with Crippen molar-refractivity contribution in [2.24, 2.45) is 0 Å². The van der Waals surface area contributed by atoms with Crippen LogP contribution < -0.4 is 0 Å². The fourth-order valence-electron chi connectivity index (χ4n) is 0.296. The molecule has 10 heavy (non-hydrogen) atoms. The first-order valence-corrected chi connectivity index (χ1v) is 3.19. The Morgan fingerprint density at radius 3 is 2.60 bits per heavy atom. The van der Waals surface area contributed by atoms with Crippen LogP contribution in [0.5, 0.6) is 0 Å². The zero-order valence-electron chi connectivity index (χ0n) is 6.51. The van der Waals surface area contributed by atoms with Gasteiger partial charge in [0.1, 0.15) is 0 Å². The molecule has 0 aromatic rings. The fourth-order valence-corrected chi connectivity index (χ4v) is 0.296. The Hall–Kier alpha value is -0.830. The first-order chi connectivity index (χ1) is 4.72. The Bertz CT molecular complexity index is 138. The molecule has 0 aromatic heterocycles. The summed E-state index contributed by atoms with van der Waals surface area (Å²) in [5.41, 5.74) is 0.549. The second kappa shape index (κ2) is 4.99. The second-order valence-electron chi connectivity index (χ2n) is 1.75. The topological polar surface area (TPSA) is 35.5 Å². The minimum absolute atomic E-state index is 0.378. The van der Waals surface area contributed by atoms with Gasteiger partial charge in [-0.1, -0.05) is 6.08 Å². The van der Waals surface area contributed by atoms with Crippen LogP contribution in [0.4, 0.5) is 0 Å². The molecule has 0 amide bonds. The van der Waals surface area contributed by atoms with Crippen molar-refractivity contribution < 1.29 is 14.6 Å². The number of hydrogen-bond acceptors (Lipinski definition) is 3. The van der Waals surface area contributed by atoms with Gasteiger partial charge in [0.05, 0.1) is 6.61 Å². The van der Waals surface area contributed by atoms with Crippen molar-refractivity contribution in [1.82, 2.24) is 0 Å². The van der Waals surface area contributed by atoms with E-state index in [4.69, 9.17) is 0 Å². The maximum Gasteiger partial charge on any atom is 0.368 e. The fraction of sp³-hybridized carbons (Fsp3) is 0.571. The summed E-state index contributed by atoms with van der Waals surface area (Å²) in [6, 6.07) is 0. The van der Waals surface area contributed by atoms with E-state index in [9.17, 15) is 4.79 Å². The van der Waals surface area contributed by atoms with E-state index < -0.39 is 5.97 Å². The van der Waals surface area contributed by atoms with Crippen LogP contribution in [0.25, 0.3) is 0 Å². The van der Waals surface area contributed by atoms with E-state index >= 15 is 0 Å². The van der Waals surface area contributed by atoms with Crippen LogP contribution in [0.3, 0.4) is 0 Å². The van der Waals surface area contributed by atoms with E-state index in [1.54, 1.807) is 26.8 Å². The van der Waals surface area contributed by atoms with Crippen molar-refractivity contribution in [1.29, 1.82) is 0 Å². The lowest BCUT2D eigenvalue weighted by Gasteiger charge is -1.99. The van der Waals surface area contributed by atoms with Crippen molar-refractivity contribution in [2.75, 3.05) is 6.61 Å². The van der Waals surface area contributed by atoms with Gasteiger partial charge in [-0.2, -0.15) is 4.89 Å². The quantitative estimate of drug-likeness (QED) is 0.341. The van der Waals surface area contributed by atoms with Crippen molar-refractivity contribution in [2.45, 2.75) is 20.8 Å². The largest absolute Gasteiger partial charge is 0.368 e. The zero-order valence-corrected chi connectivity index (χ0v) is 6.51. The molecule has 0 aromatic carbocycles. The highest BCUT2D eigenvalue weighted by molar-refractivity contribution is 5.87. The maximum atomic E-state index is 10.7. The number of hydrogen-bond donors (Lipinski definition) is 0. The van der Waals surface area contributed by atoms with Gasteiger partial charge in [-0.15, -0.1) is 0 Å². The Kier molecular flexibility index (Phi) is 4.58. The molecule has 0 rings (SSSR count). The lowest BCUT2D eigenvalue weighted by molar-refractivity contribution is -0.265. The Morgan fingerprint density at radius 2 is 2.20 bits per heavy atom. The van der Waals surface area contributed by atoms with Gasteiger partial charge in [0.15, 0.2) is 0 Å². The molecule has 3 heteroatoms. The van der Waals surface area contributed by atoms with E-state index in [0.29, 0.717) is 12.2 Å². The van der Waals surface area contributed by atoms with Crippen LogP contribution in [0.15, 0.2) is 11.6 Å². The third-order valence-electron chi connectivity index (χ3n) is 1.01. The Labute approximate surface area is 60.6 Å². The summed E-state index contributed by atoms with van der Waals surface area (Å²) in [7, 11) is 0. The van der Waals surface area contributed by atoms with Gasteiger partial charge in [0, 0.05) is 5.57 Å². The van der Waals surface area contributed by atoms with E-state index in [1.165, 1.54) is 0 Å². The van der Waals surface area contributed by atoms with Gasteiger partial charge < -0.3 is 0 Å². The minimum Gasteiger partial charge on any atom is -0.293 e. The minimum atomic E-state index is -0.427. The lowest BCUT2D eigenvalue weighted by atomic mass is 10.3. The zero-order chi connectivity index (χ0) is 7.98. The van der Waals surface area contributed by atoms with E-state index in [1.807, 2.05) is 0 Å². The summed E-state index contributed by atoms with van der Waals surface area (Å²) in [5, 5.41) is 0. The number of rotatable bonds is 3. The number of carbonyl (C=O) groups is 1. The highest BCUT2D eigenvalue weighted by atomic mass is 17.2. The molecule has 0 spiro atoms. The monoisotopic (exact) mass is 144 g/mol. The molecule has 58 valence electrons. The molecule has 0 radical (unpaired) electrons. The smallest absolute Gasteiger partial charge is 0.293 e. The molecule has 0 heterocycles. The van der Waals surface area contributed by atoms with Gasteiger partial charge in [0.2, 0.25) is 0 Å². The molecule has 0 atom stereocenters. The van der Waals surface area contributed by atoms with Gasteiger partial charge >= 0.3 is 5.97 Å². The van der Waals surface area contributed by atoms with Crippen LogP contribution >= 0.6 is 0 Å². The molecule has 0 fully saturated rings. The first-order valence-electron chi connectivity index (χ1n) is 3.19. The molecular weight excluding hydrogens is 132 g/mol. The van der Waals surface area contributed by atoms with Crippen LogP contribution in [0.1, 0.15) is 20.8 Å². The van der Waals surface area contributed by atoms with Gasteiger partial charge in [-0.25, -0.2) is 4.79 Å². The van der Waals surface area contributed by atoms with Crippen molar-refractivity contribution >= 4 is 5.97 Å². The number of carbonyl (C=O) groups excluding carboxylic acids is 1. The molecule has 0 aliphatic rings. The summed E-state index contributed by atoms with van der Waals surface area (Å²) < 4.78 is 0. The number of allylic oxidation sites excluding steroid dienone is 1. The van der Waals surface area contributed by atoms with E-state index in [0.717, 1.165) is 0 Å². The molecule has 0 aliphatic heterocycles. The third-order valence-corrected chi connectivity index (χ3v) is 1.01. The SMILES string of the molecule is CC=C(C)C(=O)OOCC. The molecule has 3 nitrogen and oxygen atoms in total. The molecule has 0 N–H and O–H groups in total. The average Bonchev–Trinajstić information content (AvgIpc) is 1.98. The van der Waals surface area contributed by atoms with Gasteiger partial charge in [0.25, 0.3) is 0 Å². The van der Waals surface area contributed by atoms with Crippen molar-refractivity contribution in [3.8, 4) is 0 Å². The summed E-state index contributed by atoms with van der Waals surface area (Å²) in [6.45, 7) is 5.56. The van der Waals surface area contributed by atoms with Crippen LogP contribution in [-0.4, -0.2) is 12.6 Å². The van der Waals surface area contributed by atoms with Gasteiger partial charge in [-0.3, -0.25) is 4.89 Å². The van der Waals surface area contributed by atoms with E-state index in [2.05, 4.69) is 9.78 Å². The first kappa shape index (κ1) is 9.17. The highest BCUT2D eigenvalue weighted by Crippen LogP contribution is 1.95. The van der Waals surface area contributed by atoms with Crippen LogP contribution in [0.2, 0.25) is 0 Å². The predicted octanol–water partition coefficient (Wildman–Crippen LogP) is 1.45. The molecular formula is C7H12O3. The Balaban J connectivity index is 3.63. The Morgan fingerprint density at radius 1 is 1.60 bits per heavy atom. The highest BCUT2D eigenvalue weighted by Gasteiger charge is 2.03. The molecule has 0 saturated carbocycles. The summed E-state index contributed by atoms with van der Waals surface area (Å²) in [6.07, 6.45) is 1.67. The van der Waals surface area contributed by atoms with Crippen LogP contribution in [0, 0.1) is 0 Å². The van der Waals surface area contributed by atoms with Crippen molar-refractivity contribution in [3.63, 3.8) is 0 Å². The second-order valence-corrected chi connectivity index (χ2v) is 1.75. The van der Waals surface area contributed by atoms with Gasteiger partial charge in [-0.05, 0) is 20.8 Å².